The predicted molar refractivity (Wildman–Crippen MR) is 95.5 cm³/mol. The third kappa shape index (κ3) is 2.65. The SMILES string of the molecule is NC(=O)[C@H]1Cc2ccccc2CN1C(=O)c1cc(=O)c2ccccc2o1. The van der Waals surface area contributed by atoms with Crippen LogP contribution in [0.3, 0.4) is 0 Å². The minimum atomic E-state index is -0.783. The molecule has 26 heavy (non-hydrogen) atoms. The van der Waals surface area contributed by atoms with Crippen LogP contribution in [0.25, 0.3) is 11.0 Å². The van der Waals surface area contributed by atoms with Crippen molar-refractivity contribution in [2.24, 2.45) is 5.73 Å². The maximum atomic E-state index is 13.0. The van der Waals surface area contributed by atoms with Crippen LogP contribution < -0.4 is 11.2 Å². The molecule has 4 rings (SSSR count). The molecule has 0 unspecified atom stereocenters. The average molecular weight is 348 g/mol. The summed E-state index contributed by atoms with van der Waals surface area (Å²) >= 11 is 0. The van der Waals surface area contributed by atoms with Gasteiger partial charge in [-0.1, -0.05) is 36.4 Å². The number of amides is 2. The summed E-state index contributed by atoms with van der Waals surface area (Å²) in [6.07, 6.45) is 0.342. The molecule has 1 atom stereocenters. The Morgan fingerprint density at radius 2 is 1.73 bits per heavy atom. The Morgan fingerprint density at radius 1 is 1.04 bits per heavy atom. The first-order chi connectivity index (χ1) is 12.5. The first kappa shape index (κ1) is 16.1. The van der Waals surface area contributed by atoms with E-state index < -0.39 is 17.9 Å². The number of nitrogens with zero attached hydrogens (tertiary/aromatic N) is 1. The largest absolute Gasteiger partial charge is 0.451 e. The van der Waals surface area contributed by atoms with Crippen molar-refractivity contribution in [1.29, 1.82) is 0 Å². The minimum absolute atomic E-state index is 0.0978. The monoisotopic (exact) mass is 348 g/mol. The summed E-state index contributed by atoms with van der Waals surface area (Å²) in [6, 6.07) is 14.7. The van der Waals surface area contributed by atoms with E-state index in [1.165, 1.54) is 11.0 Å². The molecule has 1 aromatic heterocycles. The fourth-order valence-electron chi connectivity index (χ4n) is 3.34. The molecule has 0 radical (unpaired) electrons. The zero-order chi connectivity index (χ0) is 18.3. The number of carbonyl (C=O) groups excluding carboxylic acids is 2. The molecular formula is C20H16N2O4. The summed E-state index contributed by atoms with van der Waals surface area (Å²) in [5.41, 5.74) is 7.49. The minimum Gasteiger partial charge on any atom is -0.451 e. The van der Waals surface area contributed by atoms with Crippen molar-refractivity contribution in [3.63, 3.8) is 0 Å². The predicted octanol–water partition coefficient (Wildman–Crippen LogP) is 1.85. The van der Waals surface area contributed by atoms with E-state index in [1.807, 2.05) is 24.3 Å². The van der Waals surface area contributed by atoms with E-state index in [9.17, 15) is 14.4 Å². The molecule has 1 aliphatic heterocycles. The van der Waals surface area contributed by atoms with Gasteiger partial charge in [-0.05, 0) is 23.3 Å². The Hall–Kier alpha value is -3.41. The van der Waals surface area contributed by atoms with Crippen LogP contribution in [-0.2, 0) is 17.8 Å². The van der Waals surface area contributed by atoms with Crippen molar-refractivity contribution in [2.75, 3.05) is 0 Å². The molecule has 2 N–H and O–H groups in total. The van der Waals surface area contributed by atoms with E-state index in [0.29, 0.717) is 17.4 Å². The molecule has 2 heterocycles. The van der Waals surface area contributed by atoms with Crippen molar-refractivity contribution >= 4 is 22.8 Å². The zero-order valence-electron chi connectivity index (χ0n) is 13.8. The fraction of sp³-hybridized carbons (Fsp3) is 0.150. The molecule has 2 aromatic carbocycles. The first-order valence-corrected chi connectivity index (χ1v) is 8.24. The van der Waals surface area contributed by atoms with Crippen LogP contribution in [-0.4, -0.2) is 22.8 Å². The van der Waals surface area contributed by atoms with E-state index in [1.54, 1.807) is 24.3 Å². The number of carbonyl (C=O) groups is 2. The quantitative estimate of drug-likeness (QED) is 0.765. The van der Waals surface area contributed by atoms with Crippen molar-refractivity contribution in [1.82, 2.24) is 4.90 Å². The van der Waals surface area contributed by atoms with Gasteiger partial charge in [0.05, 0.1) is 5.39 Å². The molecule has 3 aromatic rings. The van der Waals surface area contributed by atoms with Crippen molar-refractivity contribution in [3.05, 3.63) is 81.7 Å². The third-order valence-electron chi connectivity index (χ3n) is 4.68. The van der Waals surface area contributed by atoms with Crippen LogP contribution in [0.2, 0.25) is 0 Å². The number of rotatable bonds is 2. The second kappa shape index (κ2) is 6.15. The molecule has 0 bridgehead atoms. The molecule has 6 nitrogen and oxygen atoms in total. The summed E-state index contributed by atoms with van der Waals surface area (Å²) in [5.74, 6) is -1.21. The fourth-order valence-corrected chi connectivity index (χ4v) is 3.34. The second-order valence-electron chi connectivity index (χ2n) is 6.30. The van der Waals surface area contributed by atoms with Crippen LogP contribution in [0.4, 0.5) is 0 Å². The molecule has 1 aliphatic rings. The van der Waals surface area contributed by atoms with Crippen molar-refractivity contribution in [2.45, 2.75) is 19.0 Å². The van der Waals surface area contributed by atoms with Crippen LogP contribution in [0.5, 0.6) is 0 Å². The zero-order valence-corrected chi connectivity index (χ0v) is 13.8. The van der Waals surface area contributed by atoms with E-state index in [2.05, 4.69) is 0 Å². The molecule has 0 saturated heterocycles. The van der Waals surface area contributed by atoms with Gasteiger partial charge in [0.1, 0.15) is 11.6 Å². The van der Waals surface area contributed by atoms with Gasteiger partial charge in [0, 0.05) is 19.0 Å². The van der Waals surface area contributed by atoms with Gasteiger partial charge in [0.15, 0.2) is 11.2 Å². The average Bonchev–Trinajstić information content (AvgIpc) is 2.66. The Balaban J connectivity index is 1.77. The number of hydrogen-bond acceptors (Lipinski definition) is 4. The van der Waals surface area contributed by atoms with E-state index in [4.69, 9.17) is 10.2 Å². The number of nitrogens with two attached hydrogens (primary N) is 1. The number of primary amides is 1. The van der Waals surface area contributed by atoms with Gasteiger partial charge >= 0.3 is 0 Å². The first-order valence-electron chi connectivity index (χ1n) is 8.24. The Bertz CT molecular complexity index is 1090. The van der Waals surface area contributed by atoms with Crippen LogP contribution in [0.15, 0.2) is 63.8 Å². The number of hydrogen-bond donors (Lipinski definition) is 1. The van der Waals surface area contributed by atoms with E-state index in [0.717, 1.165) is 11.1 Å². The summed E-state index contributed by atoms with van der Waals surface area (Å²) in [5, 5.41) is 0.402. The highest BCUT2D eigenvalue weighted by Crippen LogP contribution is 2.25. The maximum absolute atomic E-state index is 13.0. The number of para-hydroxylation sites is 1. The van der Waals surface area contributed by atoms with Crippen molar-refractivity contribution < 1.29 is 14.0 Å². The van der Waals surface area contributed by atoms with Gasteiger partial charge in [0.2, 0.25) is 5.91 Å². The lowest BCUT2D eigenvalue weighted by Crippen LogP contribution is -2.51. The third-order valence-corrected chi connectivity index (χ3v) is 4.68. The normalized spacial score (nSPS) is 16.3. The molecular weight excluding hydrogens is 332 g/mol. The van der Waals surface area contributed by atoms with Crippen LogP contribution in [0, 0.1) is 0 Å². The van der Waals surface area contributed by atoms with E-state index >= 15 is 0 Å². The molecule has 6 heteroatoms. The van der Waals surface area contributed by atoms with Gasteiger partial charge in [-0.2, -0.15) is 0 Å². The standard InChI is InChI=1S/C20H16N2O4/c21-19(24)15-9-12-5-1-2-6-13(12)11-22(15)20(25)18-10-16(23)14-7-3-4-8-17(14)26-18/h1-8,10,15H,9,11H2,(H2,21,24)/t15-/m1/s1. The second-order valence-corrected chi connectivity index (χ2v) is 6.30. The highest BCUT2D eigenvalue weighted by molar-refractivity contribution is 5.96. The lowest BCUT2D eigenvalue weighted by molar-refractivity contribution is -0.122. The number of benzene rings is 2. The van der Waals surface area contributed by atoms with Gasteiger partial charge in [-0.15, -0.1) is 0 Å². The smallest absolute Gasteiger partial charge is 0.290 e. The van der Waals surface area contributed by atoms with Gasteiger partial charge in [0.25, 0.3) is 5.91 Å². The van der Waals surface area contributed by atoms with Gasteiger partial charge in [-0.25, -0.2) is 0 Å². The molecule has 0 saturated carbocycles. The van der Waals surface area contributed by atoms with Gasteiger partial charge < -0.3 is 15.1 Å². The maximum Gasteiger partial charge on any atom is 0.290 e. The summed E-state index contributed by atoms with van der Waals surface area (Å²) in [4.78, 5) is 38.6. The Kier molecular flexibility index (Phi) is 3.80. The summed E-state index contributed by atoms with van der Waals surface area (Å²) < 4.78 is 5.63. The number of fused-ring (bicyclic) bond motifs is 2. The lowest BCUT2D eigenvalue weighted by Gasteiger charge is -2.34. The summed E-state index contributed by atoms with van der Waals surface area (Å²) in [6.45, 7) is 0.235. The van der Waals surface area contributed by atoms with E-state index in [-0.39, 0.29) is 17.7 Å². The highest BCUT2D eigenvalue weighted by atomic mass is 16.3. The molecule has 2 amide bonds. The van der Waals surface area contributed by atoms with Crippen LogP contribution in [0.1, 0.15) is 21.7 Å². The van der Waals surface area contributed by atoms with Gasteiger partial charge in [-0.3, -0.25) is 14.4 Å². The Labute approximate surface area is 148 Å². The molecule has 0 fully saturated rings. The highest BCUT2D eigenvalue weighted by Gasteiger charge is 2.35. The molecule has 0 aliphatic carbocycles. The van der Waals surface area contributed by atoms with Crippen LogP contribution >= 0.6 is 0 Å². The molecule has 130 valence electrons. The summed E-state index contributed by atoms with van der Waals surface area (Å²) in [7, 11) is 0. The lowest BCUT2D eigenvalue weighted by atomic mass is 9.93. The Morgan fingerprint density at radius 3 is 2.50 bits per heavy atom. The van der Waals surface area contributed by atoms with Crippen molar-refractivity contribution in [3.8, 4) is 0 Å². The topological polar surface area (TPSA) is 93.6 Å². The molecule has 0 spiro atoms.